The Balaban J connectivity index is 0.00000150. The molecule has 2 aromatic rings. The lowest BCUT2D eigenvalue weighted by Gasteiger charge is -2.34. The Morgan fingerprint density at radius 3 is 2.52 bits per heavy atom. The van der Waals surface area contributed by atoms with Crippen LogP contribution in [0.4, 0.5) is 0 Å². The number of benzene rings is 1. The van der Waals surface area contributed by atoms with Crippen LogP contribution in [0.25, 0.3) is 11.0 Å². The van der Waals surface area contributed by atoms with Gasteiger partial charge in [-0.25, -0.2) is 4.79 Å². The Morgan fingerprint density at radius 2 is 1.79 bits per heavy atom. The number of aliphatic hydroxyl groups is 1. The molecule has 1 N–H and O–H groups in total. The molecule has 0 amide bonds. The van der Waals surface area contributed by atoms with Gasteiger partial charge in [0.2, 0.25) is 0 Å². The molecule has 0 saturated carbocycles. The molecule has 2 aliphatic rings. The average Bonchev–Trinajstić information content (AvgIpc) is 3.18. The van der Waals surface area contributed by atoms with E-state index >= 15 is 0 Å². The fourth-order valence-corrected chi connectivity index (χ4v) is 4.19. The zero-order valence-electron chi connectivity index (χ0n) is 16.8. The summed E-state index contributed by atoms with van der Waals surface area (Å²) in [7, 11) is 0. The maximum absolute atomic E-state index is 12.1. The van der Waals surface area contributed by atoms with Crippen molar-refractivity contribution in [3.05, 3.63) is 39.7 Å². The molecule has 8 heteroatoms. The van der Waals surface area contributed by atoms with Crippen molar-refractivity contribution < 1.29 is 14.3 Å². The maximum atomic E-state index is 12.1. The lowest BCUT2D eigenvalue weighted by atomic mass is 10.1. The van der Waals surface area contributed by atoms with Crippen molar-refractivity contribution in [2.75, 3.05) is 45.9 Å². The number of β-amino-alcohol motifs (C(OH)–C–C–N with tert-alkyl or cyclic N) is 1. The normalized spacial score (nSPS) is 18.0. The molecule has 162 valence electrons. The lowest BCUT2D eigenvalue weighted by molar-refractivity contribution is 0.0471. The third-order valence-corrected chi connectivity index (χ3v) is 5.77. The quantitative estimate of drug-likeness (QED) is 0.690. The van der Waals surface area contributed by atoms with E-state index < -0.39 is 6.10 Å². The Kier molecular flexibility index (Phi) is 8.79. The van der Waals surface area contributed by atoms with Crippen LogP contribution in [0.3, 0.4) is 0 Å². The number of halogens is 2. The van der Waals surface area contributed by atoms with Crippen LogP contribution < -0.4 is 10.4 Å². The van der Waals surface area contributed by atoms with E-state index in [4.69, 9.17) is 9.15 Å². The van der Waals surface area contributed by atoms with Gasteiger partial charge in [-0.1, -0.05) is 6.92 Å². The first-order valence-corrected chi connectivity index (χ1v) is 9.98. The molecule has 6 nitrogen and oxygen atoms in total. The van der Waals surface area contributed by atoms with Crippen LogP contribution in [-0.2, 0) is 12.8 Å². The van der Waals surface area contributed by atoms with Gasteiger partial charge in [-0.2, -0.15) is 0 Å². The van der Waals surface area contributed by atoms with E-state index in [9.17, 15) is 9.90 Å². The Bertz CT molecular complexity index is 866. The molecular formula is C21H30Cl2N2O4. The summed E-state index contributed by atoms with van der Waals surface area (Å²) < 4.78 is 11.3. The van der Waals surface area contributed by atoms with Gasteiger partial charge >= 0.3 is 5.63 Å². The molecule has 1 atom stereocenters. The topological polar surface area (TPSA) is 66.2 Å². The molecule has 1 aliphatic carbocycles. The van der Waals surface area contributed by atoms with E-state index in [-0.39, 0.29) is 37.0 Å². The first-order chi connectivity index (χ1) is 13.1. The number of hydrogen-bond donors (Lipinski definition) is 1. The number of likely N-dealkylation sites (N-methyl/N-ethyl adjacent to an activating group) is 1. The van der Waals surface area contributed by atoms with Gasteiger partial charge < -0.3 is 19.2 Å². The van der Waals surface area contributed by atoms with Crippen LogP contribution in [0, 0.1) is 0 Å². The largest absolute Gasteiger partial charge is 0.491 e. The molecule has 1 aromatic heterocycles. The SMILES string of the molecule is CCN1CCN(CC(O)COc2ccc3c4c(c(=O)oc3c2)CCC4)CC1.Cl.Cl. The minimum Gasteiger partial charge on any atom is -0.491 e. The van der Waals surface area contributed by atoms with E-state index in [0.717, 1.165) is 68.5 Å². The van der Waals surface area contributed by atoms with E-state index in [1.165, 1.54) is 0 Å². The summed E-state index contributed by atoms with van der Waals surface area (Å²) in [6, 6.07) is 5.63. The third kappa shape index (κ3) is 5.44. The molecule has 1 aromatic carbocycles. The molecule has 0 radical (unpaired) electrons. The highest BCUT2D eigenvalue weighted by Gasteiger charge is 2.21. The number of rotatable bonds is 6. The molecule has 0 spiro atoms. The van der Waals surface area contributed by atoms with Gasteiger partial charge in [0.05, 0.1) is 0 Å². The van der Waals surface area contributed by atoms with E-state index in [0.29, 0.717) is 17.9 Å². The minimum atomic E-state index is -0.541. The molecule has 1 saturated heterocycles. The second kappa shape index (κ2) is 10.6. The Morgan fingerprint density at radius 1 is 1.10 bits per heavy atom. The number of hydrogen-bond acceptors (Lipinski definition) is 6. The van der Waals surface area contributed by atoms with Crippen molar-refractivity contribution in [2.24, 2.45) is 0 Å². The van der Waals surface area contributed by atoms with Crippen molar-refractivity contribution in [3.8, 4) is 5.75 Å². The molecular weight excluding hydrogens is 415 g/mol. The molecule has 1 fully saturated rings. The monoisotopic (exact) mass is 444 g/mol. The van der Waals surface area contributed by atoms with Gasteiger partial charge in [0.25, 0.3) is 0 Å². The highest BCUT2D eigenvalue weighted by molar-refractivity contribution is 5.85. The second-order valence-corrected chi connectivity index (χ2v) is 7.56. The van der Waals surface area contributed by atoms with Gasteiger partial charge in [-0.3, -0.25) is 4.90 Å². The standard InChI is InChI=1S/C21H28N2O4.2ClH/c1-2-22-8-10-23(11-9-22)13-15(24)14-26-16-6-7-18-17-4-3-5-19(17)21(25)27-20(18)12-16;;/h6-7,12,15,24H,2-5,8-11,13-14H2,1H3;2*1H. The van der Waals surface area contributed by atoms with Crippen molar-refractivity contribution in [1.29, 1.82) is 0 Å². The summed E-state index contributed by atoms with van der Waals surface area (Å²) in [4.78, 5) is 16.8. The fraction of sp³-hybridized carbons (Fsp3) is 0.571. The van der Waals surface area contributed by atoms with Gasteiger partial charge in [0.15, 0.2) is 0 Å². The number of fused-ring (bicyclic) bond motifs is 3. The Hall–Kier alpha value is -1.31. The summed E-state index contributed by atoms with van der Waals surface area (Å²) in [6.07, 6.45) is 2.21. The van der Waals surface area contributed by atoms with E-state index in [2.05, 4.69) is 16.7 Å². The first-order valence-electron chi connectivity index (χ1n) is 9.98. The highest BCUT2D eigenvalue weighted by Crippen LogP contribution is 2.29. The van der Waals surface area contributed by atoms with Crippen molar-refractivity contribution in [3.63, 3.8) is 0 Å². The number of aliphatic hydroxyl groups excluding tert-OH is 1. The lowest BCUT2D eigenvalue weighted by Crippen LogP contribution is -2.49. The smallest absolute Gasteiger partial charge is 0.339 e. The zero-order valence-corrected chi connectivity index (χ0v) is 18.4. The van der Waals surface area contributed by atoms with Crippen LogP contribution in [0.15, 0.2) is 27.4 Å². The fourth-order valence-electron chi connectivity index (χ4n) is 4.19. The summed E-state index contributed by atoms with van der Waals surface area (Å²) in [5.41, 5.74) is 2.30. The molecule has 29 heavy (non-hydrogen) atoms. The van der Waals surface area contributed by atoms with Crippen molar-refractivity contribution >= 4 is 35.8 Å². The van der Waals surface area contributed by atoms with E-state index in [1.807, 2.05) is 12.1 Å². The summed E-state index contributed by atoms with van der Waals surface area (Å²) in [5.74, 6) is 0.624. The maximum Gasteiger partial charge on any atom is 0.339 e. The second-order valence-electron chi connectivity index (χ2n) is 7.56. The van der Waals surface area contributed by atoms with E-state index in [1.54, 1.807) is 6.07 Å². The van der Waals surface area contributed by atoms with Crippen LogP contribution in [0.5, 0.6) is 5.75 Å². The van der Waals surface area contributed by atoms with Crippen LogP contribution in [-0.4, -0.2) is 66.9 Å². The molecule has 2 heterocycles. The zero-order chi connectivity index (χ0) is 18.8. The molecule has 0 bridgehead atoms. The van der Waals surface area contributed by atoms with Crippen LogP contribution >= 0.6 is 24.8 Å². The molecule has 1 unspecified atom stereocenters. The summed E-state index contributed by atoms with van der Waals surface area (Å²) >= 11 is 0. The number of nitrogens with zero attached hydrogens (tertiary/aromatic N) is 2. The van der Waals surface area contributed by atoms with Crippen LogP contribution in [0.2, 0.25) is 0 Å². The van der Waals surface area contributed by atoms with Gasteiger partial charge in [-0.05, 0) is 43.5 Å². The number of ether oxygens (including phenoxy) is 1. The van der Waals surface area contributed by atoms with Crippen molar-refractivity contribution in [2.45, 2.75) is 32.3 Å². The van der Waals surface area contributed by atoms with Gasteiger partial charge in [-0.15, -0.1) is 24.8 Å². The van der Waals surface area contributed by atoms with Crippen LogP contribution in [0.1, 0.15) is 24.5 Å². The minimum absolute atomic E-state index is 0. The first kappa shape index (κ1) is 24.0. The highest BCUT2D eigenvalue weighted by atomic mass is 35.5. The number of aryl methyl sites for hydroxylation is 1. The molecule has 1 aliphatic heterocycles. The average molecular weight is 445 g/mol. The van der Waals surface area contributed by atoms with Gasteiger partial charge in [0.1, 0.15) is 24.0 Å². The van der Waals surface area contributed by atoms with Crippen molar-refractivity contribution in [1.82, 2.24) is 9.80 Å². The number of piperazine rings is 1. The summed E-state index contributed by atoms with van der Waals surface area (Å²) in [6.45, 7) is 8.19. The molecule has 4 rings (SSSR count). The van der Waals surface area contributed by atoms with Gasteiger partial charge in [0, 0.05) is 49.7 Å². The predicted molar refractivity (Wildman–Crippen MR) is 119 cm³/mol. The predicted octanol–water partition coefficient (Wildman–Crippen LogP) is 2.50. The third-order valence-electron chi connectivity index (χ3n) is 5.77. The summed E-state index contributed by atoms with van der Waals surface area (Å²) in [5, 5.41) is 11.3. The Labute approximate surface area is 183 Å².